The molecule has 0 saturated heterocycles. The molecule has 1 aliphatic carbocycles. The van der Waals surface area contributed by atoms with Gasteiger partial charge < -0.3 is 10.4 Å². The lowest BCUT2D eigenvalue weighted by Gasteiger charge is -2.29. The van der Waals surface area contributed by atoms with Crippen LogP contribution in [0.15, 0.2) is 0 Å². The normalized spacial score (nSPS) is 21.4. The van der Waals surface area contributed by atoms with E-state index in [9.17, 15) is 9.59 Å². The molecular weight excluding hydrogens is 288 g/mol. The van der Waals surface area contributed by atoms with E-state index in [1.54, 1.807) is 0 Å². The number of amides is 3. The topological polar surface area (TPSA) is 122 Å². The summed E-state index contributed by atoms with van der Waals surface area (Å²) >= 11 is 0. The molecule has 0 unspecified atom stereocenters. The molecule has 0 bridgehead atoms. The van der Waals surface area contributed by atoms with Gasteiger partial charge in [-0.15, -0.1) is 5.10 Å². The molecule has 1 heterocycles. The predicted octanol–water partition coefficient (Wildman–Crippen LogP) is -0.388. The fourth-order valence-corrected chi connectivity index (χ4v) is 2.66. The van der Waals surface area contributed by atoms with Crippen molar-refractivity contribution in [1.82, 2.24) is 30.8 Å². The van der Waals surface area contributed by atoms with Crippen molar-refractivity contribution >= 4 is 11.9 Å². The van der Waals surface area contributed by atoms with E-state index in [0.29, 0.717) is 11.7 Å². The third kappa shape index (κ3) is 4.48. The van der Waals surface area contributed by atoms with Gasteiger partial charge in [-0.3, -0.25) is 10.1 Å². The van der Waals surface area contributed by atoms with Crippen LogP contribution < -0.4 is 10.6 Å². The molecule has 0 radical (unpaired) electrons. The maximum Gasteiger partial charge on any atom is 0.321 e. The number of rotatable bonds is 5. The fraction of sp³-hybridized carbons (Fsp3) is 0.769. The van der Waals surface area contributed by atoms with E-state index in [4.69, 9.17) is 5.11 Å². The molecule has 9 nitrogen and oxygen atoms in total. The van der Waals surface area contributed by atoms with Crippen molar-refractivity contribution in [2.45, 2.75) is 51.6 Å². The number of carbonyl (C=O) groups is 2. The van der Waals surface area contributed by atoms with Crippen LogP contribution in [0.25, 0.3) is 0 Å². The standard InChI is InChI=1S/C13H22N6O3/c1-9-4-2-3-5-10(9)14-13(22)15-12(21)8-19-11(6-7-20)16-17-18-19/h9-10,20H,2-8H2,1H3,(H2,14,15,21,22)/t9-,10-/m0/s1. The molecule has 1 aromatic heterocycles. The Balaban J connectivity index is 1.81. The molecule has 0 aromatic carbocycles. The molecule has 3 amide bonds. The van der Waals surface area contributed by atoms with Gasteiger partial charge in [0.2, 0.25) is 5.91 Å². The van der Waals surface area contributed by atoms with E-state index in [-0.39, 0.29) is 25.6 Å². The Hall–Kier alpha value is -2.03. The van der Waals surface area contributed by atoms with Gasteiger partial charge in [0.25, 0.3) is 0 Å². The first-order chi connectivity index (χ1) is 10.6. The number of nitrogens with one attached hydrogen (secondary N) is 2. The number of tetrazole rings is 1. The number of aliphatic hydroxyl groups is 1. The van der Waals surface area contributed by atoms with Crippen molar-refractivity contribution in [2.24, 2.45) is 5.92 Å². The van der Waals surface area contributed by atoms with Crippen molar-refractivity contribution in [3.63, 3.8) is 0 Å². The highest BCUT2D eigenvalue weighted by Gasteiger charge is 2.23. The van der Waals surface area contributed by atoms with Crippen LogP contribution in [0.3, 0.4) is 0 Å². The molecule has 1 aliphatic rings. The van der Waals surface area contributed by atoms with E-state index in [1.165, 1.54) is 11.1 Å². The van der Waals surface area contributed by atoms with Crippen LogP contribution in [0.1, 0.15) is 38.4 Å². The zero-order valence-corrected chi connectivity index (χ0v) is 12.7. The highest BCUT2D eigenvalue weighted by molar-refractivity contribution is 5.94. The zero-order valence-electron chi connectivity index (χ0n) is 12.7. The monoisotopic (exact) mass is 310 g/mol. The molecule has 1 aromatic rings. The average Bonchev–Trinajstić information content (AvgIpc) is 2.89. The van der Waals surface area contributed by atoms with Crippen LogP contribution >= 0.6 is 0 Å². The average molecular weight is 310 g/mol. The van der Waals surface area contributed by atoms with E-state index in [1.807, 2.05) is 0 Å². The Kier molecular flexibility index (Phi) is 5.82. The van der Waals surface area contributed by atoms with Gasteiger partial charge in [0.1, 0.15) is 6.54 Å². The second-order valence-electron chi connectivity index (χ2n) is 5.62. The van der Waals surface area contributed by atoms with Gasteiger partial charge in [-0.25, -0.2) is 9.48 Å². The smallest absolute Gasteiger partial charge is 0.321 e. The molecule has 1 fully saturated rings. The van der Waals surface area contributed by atoms with Gasteiger partial charge in [0.15, 0.2) is 5.82 Å². The number of aliphatic hydroxyl groups excluding tert-OH is 1. The third-order valence-electron chi connectivity index (χ3n) is 3.92. The van der Waals surface area contributed by atoms with Gasteiger partial charge in [0.05, 0.1) is 6.61 Å². The molecular formula is C13H22N6O3. The predicted molar refractivity (Wildman–Crippen MR) is 76.7 cm³/mol. The van der Waals surface area contributed by atoms with Gasteiger partial charge in [-0.2, -0.15) is 0 Å². The number of hydrogen-bond donors (Lipinski definition) is 3. The fourth-order valence-electron chi connectivity index (χ4n) is 2.66. The van der Waals surface area contributed by atoms with Gasteiger partial charge in [-0.1, -0.05) is 19.8 Å². The highest BCUT2D eigenvalue weighted by Crippen LogP contribution is 2.23. The largest absolute Gasteiger partial charge is 0.396 e. The zero-order chi connectivity index (χ0) is 15.9. The Bertz CT molecular complexity index is 518. The first kappa shape index (κ1) is 16.3. The number of hydrogen-bond acceptors (Lipinski definition) is 6. The van der Waals surface area contributed by atoms with E-state index < -0.39 is 11.9 Å². The van der Waals surface area contributed by atoms with Crippen LogP contribution in [0.2, 0.25) is 0 Å². The maximum atomic E-state index is 11.9. The minimum atomic E-state index is -0.493. The summed E-state index contributed by atoms with van der Waals surface area (Å²) in [6.07, 6.45) is 4.57. The minimum absolute atomic E-state index is 0.109. The van der Waals surface area contributed by atoms with Crippen LogP contribution in [0.4, 0.5) is 4.79 Å². The molecule has 9 heteroatoms. The summed E-state index contributed by atoms with van der Waals surface area (Å²) < 4.78 is 1.27. The first-order valence-corrected chi connectivity index (χ1v) is 7.56. The lowest BCUT2D eigenvalue weighted by molar-refractivity contribution is -0.120. The van der Waals surface area contributed by atoms with Crippen LogP contribution in [-0.2, 0) is 17.8 Å². The van der Waals surface area contributed by atoms with Gasteiger partial charge in [0, 0.05) is 12.5 Å². The van der Waals surface area contributed by atoms with Crippen LogP contribution in [0.5, 0.6) is 0 Å². The Labute approximate surface area is 128 Å². The lowest BCUT2D eigenvalue weighted by Crippen LogP contribution is -2.48. The molecule has 2 rings (SSSR count). The number of urea groups is 1. The maximum absolute atomic E-state index is 11.9. The quantitative estimate of drug-likeness (QED) is 0.681. The number of carbonyl (C=O) groups excluding carboxylic acids is 2. The summed E-state index contributed by atoms with van der Waals surface area (Å²) in [5.74, 6) is 0.330. The molecule has 3 N–H and O–H groups in total. The lowest BCUT2D eigenvalue weighted by atomic mass is 9.86. The summed E-state index contributed by atoms with van der Waals surface area (Å²) in [6, 6.07) is -0.375. The van der Waals surface area contributed by atoms with Crippen LogP contribution in [0, 0.1) is 5.92 Å². The van der Waals surface area contributed by atoms with Crippen molar-refractivity contribution in [3.05, 3.63) is 5.82 Å². The summed E-state index contributed by atoms with van der Waals surface area (Å²) in [5, 5.41) is 24.8. The van der Waals surface area contributed by atoms with Gasteiger partial charge >= 0.3 is 6.03 Å². The number of aromatic nitrogens is 4. The van der Waals surface area contributed by atoms with Gasteiger partial charge in [-0.05, 0) is 29.2 Å². The van der Waals surface area contributed by atoms with Crippen molar-refractivity contribution < 1.29 is 14.7 Å². The molecule has 0 aliphatic heterocycles. The first-order valence-electron chi connectivity index (χ1n) is 7.56. The Morgan fingerprint density at radius 1 is 1.36 bits per heavy atom. The van der Waals surface area contributed by atoms with Crippen molar-refractivity contribution in [2.75, 3.05) is 6.61 Å². The van der Waals surface area contributed by atoms with Crippen molar-refractivity contribution in [1.29, 1.82) is 0 Å². The van der Waals surface area contributed by atoms with Crippen LogP contribution in [-0.4, -0.2) is 49.9 Å². The molecule has 22 heavy (non-hydrogen) atoms. The Morgan fingerprint density at radius 2 is 2.14 bits per heavy atom. The molecule has 122 valence electrons. The molecule has 1 saturated carbocycles. The Morgan fingerprint density at radius 3 is 2.86 bits per heavy atom. The highest BCUT2D eigenvalue weighted by atomic mass is 16.3. The SMILES string of the molecule is C[C@H]1CCCC[C@@H]1NC(=O)NC(=O)Cn1nnnc1CCO. The molecule has 0 spiro atoms. The number of imide groups is 1. The minimum Gasteiger partial charge on any atom is -0.396 e. The third-order valence-corrected chi connectivity index (χ3v) is 3.92. The summed E-state index contributed by atoms with van der Waals surface area (Å²) in [5.41, 5.74) is 0. The number of nitrogens with zero attached hydrogens (tertiary/aromatic N) is 4. The second kappa shape index (κ2) is 7.83. The van der Waals surface area contributed by atoms with Crippen molar-refractivity contribution in [3.8, 4) is 0 Å². The van der Waals surface area contributed by atoms with E-state index in [0.717, 1.165) is 19.3 Å². The van der Waals surface area contributed by atoms with E-state index in [2.05, 4.69) is 33.1 Å². The summed E-state index contributed by atoms with van der Waals surface area (Å²) in [4.78, 5) is 23.7. The second-order valence-corrected chi connectivity index (χ2v) is 5.62. The summed E-state index contributed by atoms with van der Waals surface area (Å²) in [7, 11) is 0. The van der Waals surface area contributed by atoms with E-state index >= 15 is 0 Å². The molecule has 2 atom stereocenters. The summed E-state index contributed by atoms with van der Waals surface area (Å²) in [6.45, 7) is 1.84.